The van der Waals surface area contributed by atoms with Crippen molar-refractivity contribution in [2.24, 2.45) is 0 Å². The van der Waals surface area contributed by atoms with E-state index in [2.05, 4.69) is 24.4 Å². The van der Waals surface area contributed by atoms with Crippen molar-refractivity contribution in [2.75, 3.05) is 0 Å². The van der Waals surface area contributed by atoms with Crippen LogP contribution in [0.3, 0.4) is 0 Å². The largest absolute Gasteiger partial charge is 0.348 e. The van der Waals surface area contributed by atoms with Crippen LogP contribution in [-0.2, 0) is 11.2 Å². The second kappa shape index (κ2) is 8.43. The Labute approximate surface area is 133 Å². The molecule has 1 amide bonds. The molecule has 0 bridgehead atoms. The fraction of sp³-hybridized carbons (Fsp3) is 0.611. The number of hydrogen-bond acceptors (Lipinski definition) is 1. The van der Waals surface area contributed by atoms with Crippen LogP contribution < -0.4 is 5.32 Å². The Kier molecular flexibility index (Phi) is 6.56. The van der Waals surface area contributed by atoms with Gasteiger partial charge in [-0.15, -0.1) is 11.6 Å². The fourth-order valence-corrected chi connectivity index (χ4v) is 3.39. The van der Waals surface area contributed by atoms with Gasteiger partial charge in [0.1, 0.15) is 0 Å². The zero-order chi connectivity index (χ0) is 15.1. The van der Waals surface area contributed by atoms with Gasteiger partial charge in [-0.25, -0.2) is 0 Å². The molecule has 0 spiro atoms. The van der Waals surface area contributed by atoms with Gasteiger partial charge in [0.15, 0.2) is 0 Å². The van der Waals surface area contributed by atoms with Crippen LogP contribution in [0.4, 0.5) is 0 Å². The number of rotatable bonds is 8. The summed E-state index contributed by atoms with van der Waals surface area (Å²) in [6, 6.07) is 8.21. The zero-order valence-corrected chi connectivity index (χ0v) is 13.7. The summed E-state index contributed by atoms with van der Waals surface area (Å²) in [5, 5.41) is 3.10. The molecule has 1 N–H and O–H groups in total. The van der Waals surface area contributed by atoms with E-state index in [0.29, 0.717) is 6.42 Å². The topological polar surface area (TPSA) is 29.1 Å². The SMILES string of the molecule is CCCCCCCCC(=O)NC1c2ccccc2CC1Cl. The second-order valence-corrected chi connectivity index (χ2v) is 6.54. The monoisotopic (exact) mass is 307 g/mol. The first-order valence-electron chi connectivity index (χ1n) is 8.23. The summed E-state index contributed by atoms with van der Waals surface area (Å²) >= 11 is 6.39. The lowest BCUT2D eigenvalue weighted by atomic mass is 10.1. The molecule has 1 aliphatic carbocycles. The average molecular weight is 308 g/mol. The van der Waals surface area contributed by atoms with Gasteiger partial charge in [0.2, 0.25) is 5.91 Å². The molecular formula is C18H26ClNO. The number of hydrogen-bond donors (Lipinski definition) is 1. The van der Waals surface area contributed by atoms with E-state index >= 15 is 0 Å². The quantitative estimate of drug-likeness (QED) is 0.544. The molecule has 116 valence electrons. The number of benzene rings is 1. The van der Waals surface area contributed by atoms with Crippen LogP contribution in [0.5, 0.6) is 0 Å². The van der Waals surface area contributed by atoms with E-state index < -0.39 is 0 Å². The Hall–Kier alpha value is -1.02. The van der Waals surface area contributed by atoms with Crippen molar-refractivity contribution in [1.29, 1.82) is 0 Å². The molecule has 2 unspecified atom stereocenters. The highest BCUT2D eigenvalue weighted by molar-refractivity contribution is 6.21. The molecule has 0 radical (unpaired) electrons. The molecule has 3 heteroatoms. The van der Waals surface area contributed by atoms with Crippen LogP contribution in [0.15, 0.2) is 24.3 Å². The van der Waals surface area contributed by atoms with Gasteiger partial charge >= 0.3 is 0 Å². The predicted molar refractivity (Wildman–Crippen MR) is 88.7 cm³/mol. The van der Waals surface area contributed by atoms with Gasteiger partial charge in [0.25, 0.3) is 0 Å². The van der Waals surface area contributed by atoms with Crippen LogP contribution >= 0.6 is 11.6 Å². The van der Waals surface area contributed by atoms with E-state index in [1.165, 1.54) is 36.8 Å². The van der Waals surface area contributed by atoms with Crippen molar-refractivity contribution in [2.45, 2.75) is 69.7 Å². The van der Waals surface area contributed by atoms with Gasteiger partial charge < -0.3 is 5.32 Å². The number of unbranched alkanes of at least 4 members (excludes halogenated alkanes) is 5. The molecule has 0 saturated carbocycles. The first-order chi connectivity index (χ1) is 10.2. The Morgan fingerprint density at radius 1 is 1.19 bits per heavy atom. The Balaban J connectivity index is 1.73. The summed E-state index contributed by atoms with van der Waals surface area (Å²) in [5.74, 6) is 0.137. The van der Waals surface area contributed by atoms with Gasteiger partial charge in [-0.05, 0) is 24.0 Å². The molecule has 0 heterocycles. The van der Waals surface area contributed by atoms with Crippen LogP contribution in [-0.4, -0.2) is 11.3 Å². The summed E-state index contributed by atoms with van der Waals surface area (Å²) in [5.41, 5.74) is 2.45. The summed E-state index contributed by atoms with van der Waals surface area (Å²) in [4.78, 5) is 12.1. The second-order valence-electron chi connectivity index (χ2n) is 5.98. The van der Waals surface area contributed by atoms with Gasteiger partial charge in [0, 0.05) is 6.42 Å². The van der Waals surface area contributed by atoms with E-state index in [1.807, 2.05) is 12.1 Å². The number of alkyl halides is 1. The van der Waals surface area contributed by atoms with E-state index in [4.69, 9.17) is 11.6 Å². The molecule has 1 aromatic rings. The standard InChI is InChI=1S/C18H26ClNO/c1-2-3-4-5-6-7-12-17(21)20-18-15-11-9-8-10-14(15)13-16(18)19/h8-11,16,18H,2-7,12-13H2,1H3,(H,20,21). The van der Waals surface area contributed by atoms with E-state index in [-0.39, 0.29) is 17.3 Å². The maximum absolute atomic E-state index is 12.1. The average Bonchev–Trinajstić information content (AvgIpc) is 2.79. The minimum absolute atomic E-state index is 0.0177. The maximum atomic E-state index is 12.1. The summed E-state index contributed by atoms with van der Waals surface area (Å²) in [6.45, 7) is 2.22. The van der Waals surface area contributed by atoms with Crippen molar-refractivity contribution < 1.29 is 4.79 Å². The molecule has 2 nitrogen and oxygen atoms in total. The Bertz CT molecular complexity index is 460. The van der Waals surface area contributed by atoms with Crippen molar-refractivity contribution in [3.8, 4) is 0 Å². The third kappa shape index (κ3) is 4.74. The number of amides is 1. The Morgan fingerprint density at radius 3 is 2.71 bits per heavy atom. The molecule has 0 saturated heterocycles. The molecule has 1 aromatic carbocycles. The lowest BCUT2D eigenvalue weighted by molar-refractivity contribution is -0.121. The Morgan fingerprint density at radius 2 is 1.90 bits per heavy atom. The number of nitrogens with one attached hydrogen (secondary N) is 1. The van der Waals surface area contributed by atoms with E-state index in [9.17, 15) is 4.79 Å². The normalized spacial score (nSPS) is 20.3. The first kappa shape index (κ1) is 16.4. The van der Waals surface area contributed by atoms with Crippen LogP contribution in [0.25, 0.3) is 0 Å². The molecule has 2 atom stereocenters. The summed E-state index contributed by atoms with van der Waals surface area (Å²) in [7, 11) is 0. The summed E-state index contributed by atoms with van der Waals surface area (Å²) < 4.78 is 0. The third-order valence-electron chi connectivity index (χ3n) is 4.24. The van der Waals surface area contributed by atoms with Crippen LogP contribution in [0.1, 0.15) is 69.0 Å². The highest BCUT2D eigenvalue weighted by Gasteiger charge is 2.31. The number of carbonyl (C=O) groups is 1. The highest BCUT2D eigenvalue weighted by Crippen LogP contribution is 2.34. The lowest BCUT2D eigenvalue weighted by Crippen LogP contribution is -2.31. The number of fused-ring (bicyclic) bond motifs is 1. The minimum atomic E-state index is -0.0181. The highest BCUT2D eigenvalue weighted by atomic mass is 35.5. The van der Waals surface area contributed by atoms with Gasteiger partial charge in [0.05, 0.1) is 11.4 Å². The molecule has 2 rings (SSSR count). The van der Waals surface area contributed by atoms with Gasteiger partial charge in [-0.2, -0.15) is 0 Å². The minimum Gasteiger partial charge on any atom is -0.348 e. The lowest BCUT2D eigenvalue weighted by Gasteiger charge is -2.17. The molecule has 0 aliphatic heterocycles. The number of halogens is 1. The van der Waals surface area contributed by atoms with Crippen molar-refractivity contribution >= 4 is 17.5 Å². The molecule has 0 fully saturated rings. The van der Waals surface area contributed by atoms with Crippen molar-refractivity contribution in [3.63, 3.8) is 0 Å². The molecule has 21 heavy (non-hydrogen) atoms. The van der Waals surface area contributed by atoms with Gasteiger partial charge in [-0.1, -0.05) is 63.3 Å². The predicted octanol–water partition coefficient (Wildman–Crippen LogP) is 4.76. The number of carbonyl (C=O) groups excluding carboxylic acids is 1. The van der Waals surface area contributed by atoms with Crippen molar-refractivity contribution in [1.82, 2.24) is 5.32 Å². The molecule has 1 aliphatic rings. The summed E-state index contributed by atoms with van der Waals surface area (Å²) in [6.07, 6.45) is 8.70. The molecule has 0 aromatic heterocycles. The van der Waals surface area contributed by atoms with E-state index in [1.54, 1.807) is 0 Å². The first-order valence-corrected chi connectivity index (χ1v) is 8.67. The van der Waals surface area contributed by atoms with Crippen LogP contribution in [0, 0.1) is 0 Å². The molecular weight excluding hydrogens is 282 g/mol. The van der Waals surface area contributed by atoms with E-state index in [0.717, 1.165) is 19.3 Å². The van der Waals surface area contributed by atoms with Crippen molar-refractivity contribution in [3.05, 3.63) is 35.4 Å². The fourth-order valence-electron chi connectivity index (χ4n) is 3.03. The third-order valence-corrected chi connectivity index (χ3v) is 4.65. The zero-order valence-electron chi connectivity index (χ0n) is 12.9. The smallest absolute Gasteiger partial charge is 0.220 e. The van der Waals surface area contributed by atoms with Gasteiger partial charge in [-0.3, -0.25) is 4.79 Å². The maximum Gasteiger partial charge on any atom is 0.220 e. The van der Waals surface area contributed by atoms with Crippen LogP contribution in [0.2, 0.25) is 0 Å².